The van der Waals surface area contributed by atoms with Crippen LogP contribution in [0.5, 0.6) is 0 Å². The van der Waals surface area contributed by atoms with Gasteiger partial charge < -0.3 is 9.32 Å². The van der Waals surface area contributed by atoms with E-state index in [4.69, 9.17) is 4.42 Å². The molecule has 1 aliphatic rings. The van der Waals surface area contributed by atoms with Crippen LogP contribution in [-0.2, 0) is 6.54 Å². The van der Waals surface area contributed by atoms with E-state index >= 15 is 4.39 Å². The molecule has 0 bridgehead atoms. The lowest BCUT2D eigenvalue weighted by atomic mass is 10.0. The zero-order valence-electron chi connectivity index (χ0n) is 21.7. The van der Waals surface area contributed by atoms with Crippen LogP contribution in [0.25, 0.3) is 33.6 Å². The van der Waals surface area contributed by atoms with Gasteiger partial charge >= 0.3 is 12.1 Å². The molecule has 0 radical (unpaired) electrons. The Kier molecular flexibility index (Phi) is 6.93. The Balaban J connectivity index is 1.42. The summed E-state index contributed by atoms with van der Waals surface area (Å²) in [7, 11) is 0. The highest BCUT2D eigenvalue weighted by molar-refractivity contribution is 5.83. The number of benzene rings is 1. The van der Waals surface area contributed by atoms with Crippen molar-refractivity contribution in [1.82, 2.24) is 34.2 Å². The second-order valence-electron chi connectivity index (χ2n) is 9.77. The number of halogens is 3. The van der Waals surface area contributed by atoms with Crippen LogP contribution >= 0.6 is 0 Å². The summed E-state index contributed by atoms with van der Waals surface area (Å²) in [5.74, 6) is -1.29. The van der Waals surface area contributed by atoms with Crippen molar-refractivity contribution in [2.45, 2.75) is 38.8 Å². The molecule has 206 valence electrons. The Morgan fingerprint density at radius 3 is 2.60 bits per heavy atom. The van der Waals surface area contributed by atoms with Crippen molar-refractivity contribution < 1.29 is 17.6 Å². The first kappa shape index (κ1) is 25.9. The molecule has 4 aromatic heterocycles. The summed E-state index contributed by atoms with van der Waals surface area (Å²) in [6.07, 6.45) is 3.57. The Bertz CT molecular complexity index is 1700. The van der Waals surface area contributed by atoms with Crippen molar-refractivity contribution in [1.29, 1.82) is 0 Å². The third kappa shape index (κ3) is 4.79. The third-order valence-electron chi connectivity index (χ3n) is 7.35. The van der Waals surface area contributed by atoms with Gasteiger partial charge in [-0.2, -0.15) is 8.78 Å². The Labute approximate surface area is 226 Å². The van der Waals surface area contributed by atoms with Gasteiger partial charge in [-0.25, -0.2) is 9.18 Å². The molecule has 1 saturated heterocycles. The van der Waals surface area contributed by atoms with Gasteiger partial charge in [-0.1, -0.05) is 6.92 Å². The number of likely N-dealkylation sites (tertiary alicyclic amines) is 1. The molecule has 0 spiro atoms. The lowest BCUT2D eigenvalue weighted by Crippen LogP contribution is -2.40. The summed E-state index contributed by atoms with van der Waals surface area (Å²) in [5.41, 5.74) is 2.85. The van der Waals surface area contributed by atoms with Crippen LogP contribution in [0.15, 0.2) is 64.2 Å². The van der Waals surface area contributed by atoms with Crippen LogP contribution in [0.4, 0.5) is 13.2 Å². The Morgan fingerprint density at radius 2 is 1.90 bits per heavy atom. The quantitative estimate of drug-likeness (QED) is 0.279. The van der Waals surface area contributed by atoms with E-state index in [-0.39, 0.29) is 24.2 Å². The summed E-state index contributed by atoms with van der Waals surface area (Å²) < 4.78 is 49.4. The lowest BCUT2D eigenvalue weighted by molar-refractivity contribution is 0.116. The zero-order chi connectivity index (χ0) is 27.8. The largest absolute Gasteiger partial charge is 0.415 e. The number of likely N-dealkylation sites (N-methyl/N-ethyl adjacent to an activating group) is 1. The minimum atomic E-state index is -2.87. The van der Waals surface area contributed by atoms with Crippen LogP contribution in [0, 0.1) is 5.82 Å². The number of nitrogens with zero attached hydrogens (tertiary/aromatic N) is 7. The van der Waals surface area contributed by atoms with Crippen molar-refractivity contribution in [2.75, 3.05) is 19.6 Å². The van der Waals surface area contributed by atoms with Gasteiger partial charge in [-0.05, 0) is 61.8 Å². The van der Waals surface area contributed by atoms with Crippen LogP contribution < -0.4 is 5.69 Å². The molecule has 1 aromatic carbocycles. The zero-order valence-corrected chi connectivity index (χ0v) is 21.7. The summed E-state index contributed by atoms with van der Waals surface area (Å²) in [6.45, 7) is 4.79. The van der Waals surface area contributed by atoms with Gasteiger partial charge in [0.25, 0.3) is 5.89 Å². The summed E-state index contributed by atoms with van der Waals surface area (Å²) in [5, 5.41) is 6.98. The molecule has 1 atom stereocenters. The van der Waals surface area contributed by atoms with Crippen LogP contribution in [0.3, 0.4) is 0 Å². The molecule has 6 rings (SSSR count). The Hall–Kier alpha value is -4.32. The average molecular weight is 550 g/mol. The molecule has 12 heteroatoms. The fourth-order valence-electron chi connectivity index (χ4n) is 5.33. The SMILES string of the molecule is CCN1CCC[C@H](n2c(=O)n(Cc3ccc(-c4nnc(C(F)F)o4)cn3)c3cc(F)c(-c4ccncc4)cc32)C1. The maximum absolute atomic E-state index is 15.5. The minimum absolute atomic E-state index is 0.0578. The number of hydrogen-bond donors (Lipinski definition) is 0. The maximum atomic E-state index is 15.5. The highest BCUT2D eigenvalue weighted by Gasteiger charge is 2.27. The van der Waals surface area contributed by atoms with Crippen LogP contribution in [-0.4, -0.2) is 53.8 Å². The van der Waals surface area contributed by atoms with Gasteiger partial charge in [0.1, 0.15) is 5.82 Å². The summed E-state index contributed by atoms with van der Waals surface area (Å²) in [4.78, 5) is 24.7. The van der Waals surface area contributed by atoms with Crippen molar-refractivity contribution >= 4 is 11.0 Å². The first-order valence-corrected chi connectivity index (χ1v) is 13.1. The van der Waals surface area contributed by atoms with Crippen LogP contribution in [0.2, 0.25) is 0 Å². The number of rotatable bonds is 7. The highest BCUT2D eigenvalue weighted by Crippen LogP contribution is 2.31. The number of piperidine rings is 1. The van der Waals surface area contributed by atoms with E-state index in [0.29, 0.717) is 33.4 Å². The minimum Gasteiger partial charge on any atom is -0.415 e. The Morgan fingerprint density at radius 1 is 1.07 bits per heavy atom. The molecule has 0 N–H and O–H groups in total. The molecule has 1 aliphatic heterocycles. The van der Waals surface area contributed by atoms with E-state index < -0.39 is 18.1 Å². The second-order valence-corrected chi connectivity index (χ2v) is 9.77. The third-order valence-corrected chi connectivity index (χ3v) is 7.35. The molecule has 1 fully saturated rings. The number of aromatic nitrogens is 6. The molecule has 9 nitrogen and oxygen atoms in total. The van der Waals surface area contributed by atoms with Gasteiger partial charge in [-0.3, -0.25) is 19.1 Å². The number of imidazole rings is 1. The predicted octanol–water partition coefficient (Wildman–Crippen LogP) is 5.09. The number of hydrogen-bond acceptors (Lipinski definition) is 7. The summed E-state index contributed by atoms with van der Waals surface area (Å²) >= 11 is 0. The average Bonchev–Trinajstić information content (AvgIpc) is 3.57. The molecule has 5 aromatic rings. The van der Waals surface area contributed by atoms with Crippen LogP contribution in [0.1, 0.15) is 43.8 Å². The lowest BCUT2D eigenvalue weighted by Gasteiger charge is -2.32. The fourth-order valence-corrected chi connectivity index (χ4v) is 5.33. The van der Waals surface area contributed by atoms with Gasteiger partial charge in [0.05, 0.1) is 34.9 Å². The molecule has 0 amide bonds. The van der Waals surface area contributed by atoms with Crippen molar-refractivity contribution in [3.63, 3.8) is 0 Å². The standard InChI is InChI=1S/C28H26F3N7O2/c1-2-36-11-3-4-20(16-36)38-24-12-21(17-7-9-32-10-8-17)22(29)13-23(24)37(28(38)39)15-19-6-5-18(14-33-19)26-34-35-27(40-26)25(30)31/h5-10,12-14,20,25H,2-4,11,15-16H2,1H3/t20-/m0/s1. The van der Waals surface area contributed by atoms with E-state index in [1.54, 1.807) is 47.3 Å². The number of pyridine rings is 2. The normalized spacial score (nSPS) is 16.3. The molecule has 0 aliphatic carbocycles. The van der Waals surface area contributed by atoms with Gasteiger partial charge in [0.15, 0.2) is 0 Å². The van der Waals surface area contributed by atoms with Crippen molar-refractivity contribution in [3.05, 3.63) is 82.9 Å². The number of alkyl halides is 2. The van der Waals surface area contributed by atoms with Crippen molar-refractivity contribution in [2.24, 2.45) is 0 Å². The van der Waals surface area contributed by atoms with E-state index in [1.807, 2.05) is 0 Å². The molecular formula is C28H26F3N7O2. The monoisotopic (exact) mass is 549 g/mol. The van der Waals surface area contributed by atoms with Gasteiger partial charge in [-0.15, -0.1) is 10.2 Å². The molecule has 5 heterocycles. The smallest absolute Gasteiger partial charge is 0.329 e. The topological polar surface area (TPSA) is 94.9 Å². The van der Waals surface area contributed by atoms with E-state index in [2.05, 4.69) is 32.0 Å². The maximum Gasteiger partial charge on any atom is 0.329 e. The predicted molar refractivity (Wildman–Crippen MR) is 141 cm³/mol. The summed E-state index contributed by atoms with van der Waals surface area (Å²) in [6, 6.07) is 9.83. The highest BCUT2D eigenvalue weighted by atomic mass is 19.3. The van der Waals surface area contributed by atoms with E-state index in [0.717, 1.165) is 32.5 Å². The fraction of sp³-hybridized carbons (Fsp3) is 0.321. The van der Waals surface area contributed by atoms with E-state index in [1.165, 1.54) is 16.8 Å². The van der Waals surface area contributed by atoms with E-state index in [9.17, 15) is 13.6 Å². The van der Waals surface area contributed by atoms with Gasteiger partial charge in [0, 0.05) is 36.8 Å². The molecule has 40 heavy (non-hydrogen) atoms. The van der Waals surface area contributed by atoms with Crippen molar-refractivity contribution in [3.8, 4) is 22.6 Å². The van der Waals surface area contributed by atoms with Gasteiger partial charge in [0.2, 0.25) is 5.89 Å². The first-order valence-electron chi connectivity index (χ1n) is 13.1. The second kappa shape index (κ2) is 10.7. The first-order chi connectivity index (χ1) is 19.4. The molecule has 0 unspecified atom stereocenters. The number of fused-ring (bicyclic) bond motifs is 1. The molecule has 0 saturated carbocycles. The molecular weight excluding hydrogens is 523 g/mol.